The van der Waals surface area contributed by atoms with E-state index in [0.717, 1.165) is 17.8 Å². The molecule has 0 heterocycles. The molecule has 0 heteroatoms. The van der Waals surface area contributed by atoms with Crippen LogP contribution in [0.25, 0.3) is 0 Å². The number of allylic oxidation sites excluding steroid dienone is 2. The minimum atomic E-state index is 0.857. The quantitative estimate of drug-likeness (QED) is 0.603. The van der Waals surface area contributed by atoms with Crippen LogP contribution in [0.4, 0.5) is 0 Å². The second kappa shape index (κ2) is 2.75. The summed E-state index contributed by atoms with van der Waals surface area (Å²) in [5.41, 5.74) is 5.01. The maximum atomic E-state index is 2.47. The lowest BCUT2D eigenvalue weighted by molar-refractivity contribution is 0.573. The first-order chi connectivity index (χ1) is 7.42. The topological polar surface area (TPSA) is 0 Å². The summed E-state index contributed by atoms with van der Waals surface area (Å²) >= 11 is 0. The molecule has 0 spiro atoms. The largest absolute Gasteiger partial charge is 0.0851 e. The molecule has 3 atom stereocenters. The van der Waals surface area contributed by atoms with Gasteiger partial charge >= 0.3 is 0 Å². The molecular weight excluding hydrogens is 180 g/mol. The standard InChI is InChI=1S/C15H16/c1-2-11-6-7-13(11)14(3-1)15-9-10-4-5-12(15)8-10/h1-5,10,12,15H,6-9H2. The summed E-state index contributed by atoms with van der Waals surface area (Å²) in [4.78, 5) is 0. The normalized spacial score (nSPS) is 35.3. The molecule has 3 unspecified atom stereocenters. The van der Waals surface area contributed by atoms with Gasteiger partial charge in [-0.3, -0.25) is 0 Å². The van der Waals surface area contributed by atoms with E-state index in [4.69, 9.17) is 0 Å². The van der Waals surface area contributed by atoms with Crippen LogP contribution in [0, 0.1) is 11.8 Å². The van der Waals surface area contributed by atoms with E-state index < -0.39 is 0 Å². The molecule has 15 heavy (non-hydrogen) atoms. The number of aryl methyl sites for hydroxylation is 1. The van der Waals surface area contributed by atoms with Crippen LogP contribution in [0.3, 0.4) is 0 Å². The van der Waals surface area contributed by atoms with Crippen LogP contribution in [0.1, 0.15) is 35.4 Å². The van der Waals surface area contributed by atoms with Crippen molar-refractivity contribution in [3.8, 4) is 0 Å². The van der Waals surface area contributed by atoms with Crippen molar-refractivity contribution in [2.75, 3.05) is 0 Å². The molecular formula is C15H16. The van der Waals surface area contributed by atoms with Gasteiger partial charge in [0.05, 0.1) is 0 Å². The number of hydrogen-bond acceptors (Lipinski definition) is 0. The summed E-state index contributed by atoms with van der Waals surface area (Å²) in [6, 6.07) is 6.96. The SMILES string of the molecule is C1=CC2CC1CC2c1cccc2c1CC2. The zero-order valence-electron chi connectivity index (χ0n) is 8.95. The fourth-order valence-corrected chi connectivity index (χ4v) is 3.76. The van der Waals surface area contributed by atoms with E-state index >= 15 is 0 Å². The summed E-state index contributed by atoms with van der Waals surface area (Å²) in [6.45, 7) is 0. The molecule has 0 saturated heterocycles. The highest BCUT2D eigenvalue weighted by atomic mass is 14.4. The first kappa shape index (κ1) is 8.15. The number of hydrogen-bond donors (Lipinski definition) is 0. The van der Waals surface area contributed by atoms with Crippen LogP contribution in [-0.4, -0.2) is 0 Å². The minimum absolute atomic E-state index is 0.857. The van der Waals surface area contributed by atoms with E-state index in [9.17, 15) is 0 Å². The van der Waals surface area contributed by atoms with Crippen molar-refractivity contribution in [3.05, 3.63) is 47.0 Å². The molecule has 3 aliphatic rings. The van der Waals surface area contributed by atoms with Crippen LogP contribution in [0.2, 0.25) is 0 Å². The van der Waals surface area contributed by atoms with Crippen molar-refractivity contribution >= 4 is 0 Å². The third-order valence-electron chi connectivity index (χ3n) is 4.63. The van der Waals surface area contributed by atoms with Gasteiger partial charge in [0.1, 0.15) is 0 Å². The van der Waals surface area contributed by atoms with Gasteiger partial charge in [-0.1, -0.05) is 30.4 Å². The molecule has 1 saturated carbocycles. The van der Waals surface area contributed by atoms with E-state index in [2.05, 4.69) is 30.4 Å². The smallest absolute Gasteiger partial charge is 0.00904 e. The fourth-order valence-electron chi connectivity index (χ4n) is 3.76. The third kappa shape index (κ3) is 1.03. The Kier molecular flexibility index (Phi) is 1.49. The molecule has 0 aliphatic heterocycles. The summed E-state index contributed by atoms with van der Waals surface area (Å²) in [7, 11) is 0. The zero-order chi connectivity index (χ0) is 9.83. The summed E-state index contributed by atoms with van der Waals surface area (Å²) < 4.78 is 0. The van der Waals surface area contributed by atoms with Crippen molar-refractivity contribution in [1.82, 2.24) is 0 Å². The van der Waals surface area contributed by atoms with Crippen LogP contribution in [0.15, 0.2) is 30.4 Å². The number of fused-ring (bicyclic) bond motifs is 3. The number of rotatable bonds is 1. The lowest BCUT2D eigenvalue weighted by Gasteiger charge is -2.28. The van der Waals surface area contributed by atoms with Gasteiger partial charge in [0.25, 0.3) is 0 Å². The van der Waals surface area contributed by atoms with Crippen molar-refractivity contribution in [1.29, 1.82) is 0 Å². The van der Waals surface area contributed by atoms with Crippen LogP contribution in [0.5, 0.6) is 0 Å². The third-order valence-corrected chi connectivity index (χ3v) is 4.63. The average Bonchev–Trinajstić information content (AvgIpc) is 2.80. The van der Waals surface area contributed by atoms with Crippen LogP contribution < -0.4 is 0 Å². The Balaban J connectivity index is 1.78. The highest BCUT2D eigenvalue weighted by Crippen LogP contribution is 2.50. The Labute approximate surface area is 91.0 Å². The van der Waals surface area contributed by atoms with Gasteiger partial charge in [0, 0.05) is 0 Å². The maximum absolute atomic E-state index is 2.47. The van der Waals surface area contributed by atoms with Crippen LogP contribution in [-0.2, 0) is 12.8 Å². The highest BCUT2D eigenvalue weighted by molar-refractivity contribution is 5.45. The van der Waals surface area contributed by atoms with E-state index in [1.54, 1.807) is 16.7 Å². The van der Waals surface area contributed by atoms with Crippen molar-refractivity contribution in [3.63, 3.8) is 0 Å². The van der Waals surface area contributed by atoms with Gasteiger partial charge in [0.2, 0.25) is 0 Å². The second-order valence-electron chi connectivity index (χ2n) is 5.37. The minimum Gasteiger partial charge on any atom is -0.0851 e. The molecule has 0 aromatic heterocycles. The molecule has 0 N–H and O–H groups in total. The van der Waals surface area contributed by atoms with Gasteiger partial charge in [-0.25, -0.2) is 0 Å². The Bertz CT molecular complexity index is 441. The van der Waals surface area contributed by atoms with Crippen LogP contribution >= 0.6 is 0 Å². The molecule has 1 fully saturated rings. The van der Waals surface area contributed by atoms with E-state index in [0.29, 0.717) is 0 Å². The molecule has 0 radical (unpaired) electrons. The Hall–Kier alpha value is -1.04. The maximum Gasteiger partial charge on any atom is -0.00904 e. The molecule has 0 amide bonds. The predicted octanol–water partition coefficient (Wildman–Crippen LogP) is 3.46. The van der Waals surface area contributed by atoms with Gasteiger partial charge in [-0.15, -0.1) is 0 Å². The number of benzene rings is 1. The zero-order valence-corrected chi connectivity index (χ0v) is 8.95. The fraction of sp³-hybridized carbons (Fsp3) is 0.467. The molecule has 76 valence electrons. The van der Waals surface area contributed by atoms with Crippen molar-refractivity contribution in [2.24, 2.45) is 11.8 Å². The lowest BCUT2D eigenvalue weighted by atomic mass is 9.77. The van der Waals surface area contributed by atoms with Gasteiger partial charge in [-0.2, -0.15) is 0 Å². The van der Waals surface area contributed by atoms with Gasteiger partial charge in [-0.05, 0) is 60.1 Å². The van der Waals surface area contributed by atoms with Crippen molar-refractivity contribution in [2.45, 2.75) is 31.6 Å². The average molecular weight is 196 g/mol. The second-order valence-corrected chi connectivity index (χ2v) is 5.37. The van der Waals surface area contributed by atoms with E-state index in [-0.39, 0.29) is 0 Å². The highest BCUT2D eigenvalue weighted by Gasteiger charge is 2.38. The molecule has 4 rings (SSSR count). The van der Waals surface area contributed by atoms with Gasteiger partial charge in [0.15, 0.2) is 0 Å². The Morgan fingerprint density at radius 1 is 1.00 bits per heavy atom. The monoisotopic (exact) mass is 196 g/mol. The summed E-state index contributed by atoms with van der Waals surface area (Å²) in [5, 5.41) is 0. The summed E-state index contributed by atoms with van der Waals surface area (Å²) in [6.07, 6.45) is 10.4. The Morgan fingerprint density at radius 2 is 2.00 bits per heavy atom. The van der Waals surface area contributed by atoms with E-state index in [1.807, 2.05) is 0 Å². The molecule has 3 aliphatic carbocycles. The molecule has 1 aromatic carbocycles. The first-order valence-corrected chi connectivity index (χ1v) is 6.21. The molecule has 1 aromatic rings. The summed E-state index contributed by atoms with van der Waals surface area (Å²) in [5.74, 6) is 2.62. The van der Waals surface area contributed by atoms with Gasteiger partial charge < -0.3 is 0 Å². The predicted molar refractivity (Wildman–Crippen MR) is 61.9 cm³/mol. The lowest BCUT2D eigenvalue weighted by Crippen LogP contribution is -2.16. The molecule has 0 nitrogen and oxygen atoms in total. The van der Waals surface area contributed by atoms with Crippen molar-refractivity contribution < 1.29 is 0 Å². The first-order valence-electron chi connectivity index (χ1n) is 6.21. The Morgan fingerprint density at radius 3 is 2.67 bits per heavy atom. The van der Waals surface area contributed by atoms with E-state index in [1.165, 1.54) is 25.7 Å². The molecule has 2 bridgehead atoms.